The van der Waals surface area contributed by atoms with Crippen LogP contribution in [0.3, 0.4) is 0 Å². The molecule has 1 N–H and O–H groups in total. The molecule has 1 aromatic heterocycles. The second-order valence-electron chi connectivity index (χ2n) is 3.55. The van der Waals surface area contributed by atoms with Crippen molar-refractivity contribution in [1.82, 2.24) is 9.78 Å². The van der Waals surface area contributed by atoms with E-state index in [1.807, 2.05) is 13.8 Å². The van der Waals surface area contributed by atoms with Gasteiger partial charge in [0.1, 0.15) is 0 Å². The van der Waals surface area contributed by atoms with Crippen molar-refractivity contribution in [2.75, 3.05) is 12.9 Å². The van der Waals surface area contributed by atoms with Crippen LogP contribution in [0.15, 0.2) is 17.3 Å². The summed E-state index contributed by atoms with van der Waals surface area (Å²) < 4.78 is 12.7. The quantitative estimate of drug-likeness (QED) is 0.769. The molecule has 0 saturated carbocycles. The second kappa shape index (κ2) is 3.59. The molecule has 0 radical (unpaired) electrons. The normalized spacial score (nSPS) is 14.5. The first-order valence-corrected chi connectivity index (χ1v) is 5.52. The molecule has 0 bridgehead atoms. The third-order valence-electron chi connectivity index (χ3n) is 1.90. The third-order valence-corrected chi connectivity index (χ3v) is 2.77. The number of nitrogens with zero attached hydrogens (tertiary/aromatic N) is 2. The van der Waals surface area contributed by atoms with Crippen LogP contribution in [0.2, 0.25) is 0 Å². The summed E-state index contributed by atoms with van der Waals surface area (Å²) in [5.41, 5.74) is -0.433. The minimum absolute atomic E-state index is 0.00443. The number of aromatic nitrogens is 2. The van der Waals surface area contributed by atoms with Gasteiger partial charge in [-0.25, -0.2) is 0 Å². The zero-order valence-electron chi connectivity index (χ0n) is 8.02. The van der Waals surface area contributed by atoms with Crippen LogP contribution in [0.25, 0.3) is 0 Å². The highest BCUT2D eigenvalue weighted by atomic mass is 32.2. The van der Waals surface area contributed by atoms with Gasteiger partial charge >= 0.3 is 0 Å². The van der Waals surface area contributed by atoms with Gasteiger partial charge in [-0.1, -0.05) is 0 Å². The Morgan fingerprint density at radius 1 is 1.69 bits per heavy atom. The highest BCUT2D eigenvalue weighted by molar-refractivity contribution is 7.84. The molecule has 1 unspecified atom stereocenters. The predicted molar refractivity (Wildman–Crippen MR) is 51.0 cm³/mol. The second-order valence-corrected chi connectivity index (χ2v) is 4.92. The molecular formula is C8H14N2O2S. The standard InChI is InChI=1S/C8H14N2O2S/c1-8(2,6-11)10-5-7(4-9-10)13(3)12/h4-5,11H,6H2,1-3H3. The van der Waals surface area contributed by atoms with Gasteiger partial charge in [0.05, 0.1) is 34.0 Å². The van der Waals surface area contributed by atoms with Gasteiger partial charge in [0.2, 0.25) is 0 Å². The van der Waals surface area contributed by atoms with Gasteiger partial charge < -0.3 is 5.11 Å². The number of hydrogen-bond acceptors (Lipinski definition) is 3. The van der Waals surface area contributed by atoms with E-state index in [1.54, 1.807) is 23.3 Å². The van der Waals surface area contributed by atoms with Gasteiger partial charge in [-0.05, 0) is 13.8 Å². The largest absolute Gasteiger partial charge is 0.394 e. The van der Waals surface area contributed by atoms with Gasteiger partial charge in [0.15, 0.2) is 0 Å². The molecular weight excluding hydrogens is 188 g/mol. The number of hydrogen-bond donors (Lipinski definition) is 1. The van der Waals surface area contributed by atoms with Crippen molar-refractivity contribution in [3.05, 3.63) is 12.4 Å². The maximum atomic E-state index is 11.1. The minimum atomic E-state index is -1.01. The fourth-order valence-corrected chi connectivity index (χ4v) is 1.30. The highest BCUT2D eigenvalue weighted by Gasteiger charge is 2.20. The molecule has 0 fully saturated rings. The molecule has 0 amide bonds. The van der Waals surface area contributed by atoms with Crippen LogP contribution in [-0.2, 0) is 16.3 Å². The highest BCUT2D eigenvalue weighted by Crippen LogP contribution is 2.14. The topological polar surface area (TPSA) is 55.1 Å². The first kappa shape index (κ1) is 10.4. The lowest BCUT2D eigenvalue weighted by Gasteiger charge is -2.21. The van der Waals surface area contributed by atoms with Crippen LogP contribution in [0.1, 0.15) is 13.8 Å². The molecule has 1 aromatic rings. The number of aliphatic hydroxyl groups excluding tert-OH is 1. The van der Waals surface area contributed by atoms with Gasteiger partial charge in [-0.15, -0.1) is 0 Å². The van der Waals surface area contributed by atoms with Crippen LogP contribution < -0.4 is 0 Å². The summed E-state index contributed by atoms with van der Waals surface area (Å²) >= 11 is 0. The molecule has 5 heteroatoms. The van der Waals surface area contributed by atoms with Gasteiger partial charge in [-0.3, -0.25) is 8.89 Å². The number of aliphatic hydroxyl groups is 1. The van der Waals surface area contributed by atoms with Crippen molar-refractivity contribution in [2.24, 2.45) is 0 Å². The van der Waals surface area contributed by atoms with Crippen molar-refractivity contribution in [3.8, 4) is 0 Å². The van der Waals surface area contributed by atoms with Gasteiger partial charge in [0, 0.05) is 12.5 Å². The van der Waals surface area contributed by atoms with E-state index < -0.39 is 16.3 Å². The molecule has 74 valence electrons. The molecule has 1 heterocycles. The van der Waals surface area contributed by atoms with Crippen LogP contribution in [0, 0.1) is 0 Å². The van der Waals surface area contributed by atoms with E-state index >= 15 is 0 Å². The Morgan fingerprint density at radius 3 is 2.69 bits per heavy atom. The van der Waals surface area contributed by atoms with Gasteiger partial charge in [0.25, 0.3) is 0 Å². The van der Waals surface area contributed by atoms with Crippen molar-refractivity contribution in [3.63, 3.8) is 0 Å². The Morgan fingerprint density at radius 2 is 2.31 bits per heavy atom. The van der Waals surface area contributed by atoms with E-state index in [0.29, 0.717) is 4.90 Å². The fourth-order valence-electron chi connectivity index (χ4n) is 0.858. The molecule has 13 heavy (non-hydrogen) atoms. The first-order chi connectivity index (χ1) is 5.97. The zero-order valence-corrected chi connectivity index (χ0v) is 8.84. The average Bonchev–Trinajstić information content (AvgIpc) is 2.52. The zero-order chi connectivity index (χ0) is 10.1. The molecule has 4 nitrogen and oxygen atoms in total. The maximum Gasteiger partial charge on any atom is 0.0801 e. The Bertz CT molecular complexity index is 320. The summed E-state index contributed by atoms with van der Waals surface area (Å²) in [6.45, 7) is 3.73. The Labute approximate surface area is 80.0 Å². The average molecular weight is 202 g/mol. The summed E-state index contributed by atoms with van der Waals surface area (Å²) in [7, 11) is -1.01. The molecule has 0 aromatic carbocycles. The van der Waals surface area contributed by atoms with Crippen molar-refractivity contribution in [2.45, 2.75) is 24.3 Å². The summed E-state index contributed by atoms with van der Waals surface area (Å²) in [5.74, 6) is 0. The SMILES string of the molecule is CS(=O)c1cnn(C(C)(C)CO)c1. The van der Waals surface area contributed by atoms with Crippen LogP contribution >= 0.6 is 0 Å². The van der Waals surface area contributed by atoms with Crippen molar-refractivity contribution < 1.29 is 9.32 Å². The van der Waals surface area contributed by atoms with Gasteiger partial charge in [-0.2, -0.15) is 5.10 Å². The summed E-state index contributed by atoms with van der Waals surface area (Å²) in [6, 6.07) is 0. The van der Waals surface area contributed by atoms with Crippen LogP contribution in [0.4, 0.5) is 0 Å². The third kappa shape index (κ3) is 2.16. The Hall–Kier alpha value is -0.680. The summed E-state index contributed by atoms with van der Waals surface area (Å²) in [6.07, 6.45) is 4.87. The smallest absolute Gasteiger partial charge is 0.0801 e. The van der Waals surface area contributed by atoms with Crippen molar-refractivity contribution >= 4 is 10.8 Å². The van der Waals surface area contributed by atoms with E-state index in [4.69, 9.17) is 5.11 Å². The van der Waals surface area contributed by atoms with E-state index in [9.17, 15) is 4.21 Å². The van der Waals surface area contributed by atoms with E-state index in [0.717, 1.165) is 0 Å². The molecule has 0 aliphatic carbocycles. The van der Waals surface area contributed by atoms with Crippen LogP contribution in [0.5, 0.6) is 0 Å². The summed E-state index contributed by atoms with van der Waals surface area (Å²) in [5, 5.41) is 13.1. The molecule has 0 saturated heterocycles. The Balaban J connectivity index is 2.98. The Kier molecular flexibility index (Phi) is 2.87. The lowest BCUT2D eigenvalue weighted by atomic mass is 10.1. The van der Waals surface area contributed by atoms with E-state index in [2.05, 4.69) is 5.10 Å². The van der Waals surface area contributed by atoms with E-state index in [1.165, 1.54) is 0 Å². The van der Waals surface area contributed by atoms with E-state index in [-0.39, 0.29) is 6.61 Å². The lowest BCUT2D eigenvalue weighted by Crippen LogP contribution is -2.30. The lowest BCUT2D eigenvalue weighted by molar-refractivity contribution is 0.152. The van der Waals surface area contributed by atoms with Crippen LogP contribution in [-0.4, -0.2) is 32.0 Å². The molecule has 0 spiro atoms. The minimum Gasteiger partial charge on any atom is -0.394 e. The monoisotopic (exact) mass is 202 g/mol. The summed E-state index contributed by atoms with van der Waals surface area (Å²) in [4.78, 5) is 0.682. The molecule has 0 aliphatic heterocycles. The predicted octanol–water partition coefficient (Wildman–Crippen LogP) is 0.348. The maximum absolute atomic E-state index is 11.1. The molecule has 1 atom stereocenters. The molecule has 1 rings (SSSR count). The molecule has 0 aliphatic rings. The fraction of sp³-hybridized carbons (Fsp3) is 0.625. The van der Waals surface area contributed by atoms with Crippen molar-refractivity contribution in [1.29, 1.82) is 0 Å². The first-order valence-electron chi connectivity index (χ1n) is 3.97. The number of rotatable bonds is 3.